The first-order valence-electron chi connectivity index (χ1n) is 9.05. The lowest BCUT2D eigenvalue weighted by Crippen LogP contribution is -2.43. The number of aromatic nitrogens is 2. The van der Waals surface area contributed by atoms with E-state index in [0.29, 0.717) is 15.9 Å². The molecular formula is C22H18ClN3O3. The average Bonchev–Trinajstić information content (AvgIpc) is 3.16. The number of amides is 1. The maximum absolute atomic E-state index is 12.9. The molecule has 0 radical (unpaired) electrons. The molecule has 0 aliphatic heterocycles. The van der Waals surface area contributed by atoms with Crippen LogP contribution in [0.2, 0.25) is 5.02 Å². The average molecular weight is 408 g/mol. The van der Waals surface area contributed by atoms with E-state index in [9.17, 15) is 9.59 Å². The first-order valence-corrected chi connectivity index (χ1v) is 9.43. The molecule has 2 aromatic heterocycles. The van der Waals surface area contributed by atoms with Gasteiger partial charge in [-0.05, 0) is 17.7 Å². The topological polar surface area (TPSA) is 84.1 Å². The second-order valence-electron chi connectivity index (χ2n) is 6.62. The van der Waals surface area contributed by atoms with Crippen LogP contribution in [-0.4, -0.2) is 35.0 Å². The van der Waals surface area contributed by atoms with Gasteiger partial charge in [-0.1, -0.05) is 48.0 Å². The molecule has 0 saturated carbocycles. The number of aromatic amines is 1. The van der Waals surface area contributed by atoms with Gasteiger partial charge in [0.25, 0.3) is 5.91 Å². The number of carbonyl (C=O) groups is 2. The van der Waals surface area contributed by atoms with Gasteiger partial charge in [0.15, 0.2) is 0 Å². The van der Waals surface area contributed by atoms with E-state index in [1.54, 1.807) is 6.07 Å². The van der Waals surface area contributed by atoms with Crippen molar-refractivity contribution in [1.29, 1.82) is 0 Å². The summed E-state index contributed by atoms with van der Waals surface area (Å²) in [5, 5.41) is 4.70. The van der Waals surface area contributed by atoms with Crippen molar-refractivity contribution in [3.63, 3.8) is 0 Å². The van der Waals surface area contributed by atoms with Gasteiger partial charge in [0.05, 0.1) is 23.2 Å². The van der Waals surface area contributed by atoms with Crippen LogP contribution in [0.1, 0.15) is 15.9 Å². The summed E-state index contributed by atoms with van der Waals surface area (Å²) in [7, 11) is 1.29. The predicted octanol–water partition coefficient (Wildman–Crippen LogP) is 3.88. The van der Waals surface area contributed by atoms with Crippen LogP contribution in [0.4, 0.5) is 0 Å². The molecule has 146 valence electrons. The number of ether oxygens (including phenoxy) is 1. The molecule has 2 heterocycles. The van der Waals surface area contributed by atoms with Crippen molar-refractivity contribution in [2.24, 2.45) is 0 Å². The molecule has 7 heteroatoms. The van der Waals surface area contributed by atoms with E-state index >= 15 is 0 Å². The standard InChI is InChI=1S/C22H18ClN3O3/c1-29-22(28)19(10-13-11-24-17-8-4-2-6-14(13)17)26-21(27)16-12-25-18-9-5-3-7-15(18)20(16)23/h2-9,11-12,19,24H,10H2,1H3,(H,26,27)/t19-/m0/s1. The third kappa shape index (κ3) is 3.67. The highest BCUT2D eigenvalue weighted by Gasteiger charge is 2.25. The van der Waals surface area contributed by atoms with E-state index in [4.69, 9.17) is 16.3 Å². The van der Waals surface area contributed by atoms with E-state index in [2.05, 4.69) is 15.3 Å². The fourth-order valence-electron chi connectivity index (χ4n) is 3.36. The minimum atomic E-state index is -0.866. The Labute approximate surface area is 171 Å². The molecule has 0 saturated heterocycles. The number of benzene rings is 2. The number of halogens is 1. The number of pyridine rings is 1. The van der Waals surface area contributed by atoms with Gasteiger partial charge in [-0.3, -0.25) is 9.78 Å². The summed E-state index contributed by atoms with van der Waals surface area (Å²) in [4.78, 5) is 32.7. The molecule has 0 bridgehead atoms. The van der Waals surface area contributed by atoms with E-state index in [-0.39, 0.29) is 12.0 Å². The molecule has 0 aliphatic carbocycles. The zero-order chi connectivity index (χ0) is 20.4. The highest BCUT2D eigenvalue weighted by atomic mass is 35.5. The van der Waals surface area contributed by atoms with Crippen molar-refractivity contribution < 1.29 is 14.3 Å². The highest BCUT2D eigenvalue weighted by molar-refractivity contribution is 6.38. The fourth-order valence-corrected chi connectivity index (χ4v) is 3.65. The Kier molecular flexibility index (Phi) is 5.18. The summed E-state index contributed by atoms with van der Waals surface area (Å²) in [5.41, 5.74) is 2.76. The molecule has 29 heavy (non-hydrogen) atoms. The molecule has 0 fully saturated rings. The van der Waals surface area contributed by atoms with Gasteiger partial charge in [0, 0.05) is 35.1 Å². The summed E-state index contributed by atoms with van der Waals surface area (Å²) < 4.78 is 4.90. The minimum absolute atomic E-state index is 0.207. The van der Waals surface area contributed by atoms with Gasteiger partial charge in [0.1, 0.15) is 6.04 Å². The second-order valence-corrected chi connectivity index (χ2v) is 6.99. The summed E-state index contributed by atoms with van der Waals surface area (Å²) >= 11 is 6.43. The van der Waals surface area contributed by atoms with Gasteiger partial charge < -0.3 is 15.0 Å². The molecule has 0 aliphatic rings. The van der Waals surface area contributed by atoms with Gasteiger partial charge in [-0.15, -0.1) is 0 Å². The Bertz CT molecular complexity index is 1220. The van der Waals surface area contributed by atoms with Crippen LogP contribution in [-0.2, 0) is 16.0 Å². The van der Waals surface area contributed by atoms with E-state index < -0.39 is 17.9 Å². The van der Waals surface area contributed by atoms with Crippen LogP contribution >= 0.6 is 11.6 Å². The fraction of sp³-hybridized carbons (Fsp3) is 0.136. The number of nitrogens with zero attached hydrogens (tertiary/aromatic N) is 1. The maximum atomic E-state index is 12.9. The number of methoxy groups -OCH3 is 1. The van der Waals surface area contributed by atoms with Crippen molar-refractivity contribution >= 4 is 45.3 Å². The number of hydrogen-bond donors (Lipinski definition) is 2. The van der Waals surface area contributed by atoms with E-state index in [1.165, 1.54) is 13.3 Å². The quantitative estimate of drug-likeness (QED) is 0.492. The van der Waals surface area contributed by atoms with Crippen molar-refractivity contribution in [1.82, 2.24) is 15.3 Å². The number of rotatable bonds is 5. The lowest BCUT2D eigenvalue weighted by molar-refractivity contribution is -0.142. The van der Waals surface area contributed by atoms with Crippen molar-refractivity contribution in [3.05, 3.63) is 77.1 Å². The summed E-state index contributed by atoms with van der Waals surface area (Å²) in [5.74, 6) is -1.02. The number of fused-ring (bicyclic) bond motifs is 2. The van der Waals surface area contributed by atoms with E-state index in [0.717, 1.165) is 16.5 Å². The Morgan fingerprint density at radius 3 is 2.66 bits per heavy atom. The maximum Gasteiger partial charge on any atom is 0.328 e. The number of H-pyrrole nitrogens is 1. The summed E-state index contributed by atoms with van der Waals surface area (Å²) in [6.45, 7) is 0. The molecule has 4 rings (SSSR count). The normalized spacial score (nSPS) is 12.1. The Morgan fingerprint density at radius 1 is 1.14 bits per heavy atom. The third-order valence-corrected chi connectivity index (χ3v) is 5.25. The van der Waals surface area contributed by atoms with Crippen LogP contribution in [0.5, 0.6) is 0 Å². The molecule has 0 spiro atoms. The van der Waals surface area contributed by atoms with Crippen LogP contribution in [0.25, 0.3) is 21.8 Å². The molecule has 2 N–H and O–H groups in total. The van der Waals surface area contributed by atoms with Gasteiger partial charge in [-0.2, -0.15) is 0 Å². The lowest BCUT2D eigenvalue weighted by atomic mass is 10.0. The zero-order valence-electron chi connectivity index (χ0n) is 15.6. The first-order chi connectivity index (χ1) is 14.1. The molecule has 0 unspecified atom stereocenters. The number of para-hydroxylation sites is 2. The summed E-state index contributed by atoms with van der Waals surface area (Å²) in [6, 6.07) is 14.2. The largest absolute Gasteiger partial charge is 0.467 e. The molecule has 4 aromatic rings. The van der Waals surface area contributed by atoms with Crippen LogP contribution in [0.3, 0.4) is 0 Å². The van der Waals surface area contributed by atoms with E-state index in [1.807, 2.05) is 48.7 Å². The molecule has 1 amide bonds. The van der Waals surface area contributed by atoms with Crippen molar-refractivity contribution in [2.45, 2.75) is 12.5 Å². The lowest BCUT2D eigenvalue weighted by Gasteiger charge is -2.17. The van der Waals surface area contributed by atoms with Gasteiger partial charge in [-0.25, -0.2) is 4.79 Å². The number of hydrogen-bond acceptors (Lipinski definition) is 4. The summed E-state index contributed by atoms with van der Waals surface area (Å²) in [6.07, 6.45) is 3.53. The molecule has 1 atom stereocenters. The van der Waals surface area contributed by atoms with Crippen molar-refractivity contribution in [3.8, 4) is 0 Å². The minimum Gasteiger partial charge on any atom is -0.467 e. The Morgan fingerprint density at radius 2 is 1.86 bits per heavy atom. The third-order valence-electron chi connectivity index (χ3n) is 4.84. The van der Waals surface area contributed by atoms with Gasteiger partial charge in [0.2, 0.25) is 0 Å². The first kappa shape index (κ1) is 19.0. The predicted molar refractivity (Wildman–Crippen MR) is 112 cm³/mol. The number of esters is 1. The smallest absolute Gasteiger partial charge is 0.328 e. The number of carbonyl (C=O) groups excluding carboxylic acids is 2. The van der Waals surface area contributed by atoms with Crippen molar-refractivity contribution in [2.75, 3.05) is 7.11 Å². The Balaban J connectivity index is 1.62. The van der Waals surface area contributed by atoms with Gasteiger partial charge >= 0.3 is 5.97 Å². The molecular weight excluding hydrogens is 390 g/mol. The van der Waals surface area contributed by atoms with Crippen LogP contribution in [0, 0.1) is 0 Å². The highest BCUT2D eigenvalue weighted by Crippen LogP contribution is 2.26. The molecule has 6 nitrogen and oxygen atoms in total. The molecule has 2 aromatic carbocycles. The SMILES string of the molecule is COC(=O)[C@H](Cc1c[nH]c2ccccc12)NC(=O)c1cnc2ccccc2c1Cl. The second kappa shape index (κ2) is 7.93. The monoisotopic (exact) mass is 407 g/mol. The Hall–Kier alpha value is -3.38. The van der Waals surface area contributed by atoms with Crippen LogP contribution in [0.15, 0.2) is 60.9 Å². The van der Waals surface area contributed by atoms with Crippen LogP contribution < -0.4 is 5.32 Å². The number of nitrogens with one attached hydrogen (secondary N) is 2. The zero-order valence-corrected chi connectivity index (χ0v) is 16.4.